The number of H-pyrrole nitrogens is 1. The van der Waals surface area contributed by atoms with Gasteiger partial charge < -0.3 is 24.6 Å². The Hall–Kier alpha value is -4.37. The van der Waals surface area contributed by atoms with Gasteiger partial charge in [0.15, 0.2) is 11.5 Å². The molecule has 1 fully saturated rings. The highest BCUT2D eigenvalue weighted by atomic mass is 16.5. The molecule has 0 radical (unpaired) electrons. The molecule has 9 heteroatoms. The average Bonchev–Trinajstić information content (AvgIpc) is 3.40. The summed E-state index contributed by atoms with van der Waals surface area (Å²) >= 11 is 0. The molecule has 1 amide bonds. The molecular weight excluding hydrogens is 516 g/mol. The molecule has 214 valence electrons. The molecule has 0 unspecified atom stereocenters. The number of hydrogen-bond donors (Lipinski definition) is 2. The lowest BCUT2D eigenvalue weighted by atomic mass is 9.90. The first-order chi connectivity index (χ1) is 20.0. The van der Waals surface area contributed by atoms with Crippen LogP contribution < -0.4 is 14.8 Å². The van der Waals surface area contributed by atoms with Gasteiger partial charge in [-0.25, -0.2) is 4.98 Å². The van der Waals surface area contributed by atoms with Crippen LogP contribution in [0.15, 0.2) is 79.0 Å². The molecule has 1 aliphatic carbocycles. The van der Waals surface area contributed by atoms with Crippen molar-refractivity contribution in [3.05, 3.63) is 84.6 Å². The van der Waals surface area contributed by atoms with Gasteiger partial charge in [0.05, 0.1) is 0 Å². The molecular formula is C32H38N6O3. The predicted molar refractivity (Wildman–Crippen MR) is 161 cm³/mol. The molecule has 0 saturated heterocycles. The van der Waals surface area contributed by atoms with Gasteiger partial charge in [-0.2, -0.15) is 5.10 Å². The second kappa shape index (κ2) is 13.3. The first-order valence-electron chi connectivity index (χ1n) is 14.1. The number of ether oxygens (including phenoxy) is 2. The number of aromatic nitrogens is 3. The Morgan fingerprint density at radius 3 is 2.59 bits per heavy atom. The zero-order valence-corrected chi connectivity index (χ0v) is 23.9. The van der Waals surface area contributed by atoms with Gasteiger partial charge in [-0.15, -0.1) is 0 Å². The monoisotopic (exact) mass is 554 g/mol. The van der Waals surface area contributed by atoms with E-state index in [1.54, 1.807) is 12.3 Å². The summed E-state index contributed by atoms with van der Waals surface area (Å²) in [5.74, 6) is 3.01. The number of hydrogen-bond acceptors (Lipinski definition) is 7. The quantitative estimate of drug-likeness (QED) is 0.232. The van der Waals surface area contributed by atoms with Gasteiger partial charge >= 0.3 is 0 Å². The summed E-state index contributed by atoms with van der Waals surface area (Å²) in [6, 6.07) is 20.0. The van der Waals surface area contributed by atoms with Crippen LogP contribution in [0.1, 0.15) is 31.2 Å². The molecule has 41 heavy (non-hydrogen) atoms. The lowest BCUT2D eigenvalue weighted by molar-refractivity contribution is -0.127. The summed E-state index contributed by atoms with van der Waals surface area (Å²) in [5, 5.41) is 12.0. The lowest BCUT2D eigenvalue weighted by Crippen LogP contribution is -2.41. The van der Waals surface area contributed by atoms with Crippen molar-refractivity contribution < 1.29 is 14.3 Å². The second-order valence-electron chi connectivity index (χ2n) is 10.7. The summed E-state index contributed by atoms with van der Waals surface area (Å²) in [5.41, 5.74) is 1.67. The molecule has 0 spiro atoms. The number of nitrogens with zero attached hydrogens (tertiary/aromatic N) is 4. The van der Waals surface area contributed by atoms with Crippen LogP contribution in [-0.4, -0.2) is 70.7 Å². The van der Waals surface area contributed by atoms with Crippen molar-refractivity contribution in [2.75, 3.05) is 33.0 Å². The van der Waals surface area contributed by atoms with Crippen LogP contribution in [-0.2, 0) is 11.4 Å². The fourth-order valence-electron chi connectivity index (χ4n) is 5.08. The number of nitrogens with one attached hydrogen (secondary N) is 2. The van der Waals surface area contributed by atoms with E-state index in [2.05, 4.69) is 20.5 Å². The largest absolute Gasteiger partial charge is 0.489 e. The predicted octanol–water partition coefficient (Wildman–Crippen LogP) is 5.63. The first kappa shape index (κ1) is 28.2. The molecule has 5 rings (SSSR count). The van der Waals surface area contributed by atoms with Gasteiger partial charge in [0, 0.05) is 44.0 Å². The first-order valence-corrected chi connectivity index (χ1v) is 14.1. The van der Waals surface area contributed by atoms with E-state index in [0.29, 0.717) is 23.8 Å². The Balaban J connectivity index is 1.21. The van der Waals surface area contributed by atoms with Crippen LogP contribution in [0.5, 0.6) is 17.2 Å². The highest BCUT2D eigenvalue weighted by molar-refractivity contribution is 5.93. The zero-order valence-electron chi connectivity index (χ0n) is 23.9. The van der Waals surface area contributed by atoms with Crippen LogP contribution in [0.4, 0.5) is 5.82 Å². The van der Waals surface area contributed by atoms with E-state index in [4.69, 9.17) is 9.47 Å². The normalized spacial score (nSPS) is 17.2. The van der Waals surface area contributed by atoms with Crippen molar-refractivity contribution in [3.63, 3.8) is 0 Å². The van der Waals surface area contributed by atoms with Gasteiger partial charge in [0.25, 0.3) is 0 Å². The van der Waals surface area contributed by atoms with Gasteiger partial charge in [-0.1, -0.05) is 36.4 Å². The number of likely N-dealkylation sites (N-methyl/N-ethyl adjacent to an activating group) is 2. The second-order valence-corrected chi connectivity index (χ2v) is 10.7. The van der Waals surface area contributed by atoms with Crippen LogP contribution in [0.3, 0.4) is 0 Å². The van der Waals surface area contributed by atoms with E-state index in [1.807, 2.05) is 97.7 Å². The summed E-state index contributed by atoms with van der Waals surface area (Å²) in [6.45, 7) is 1.20. The number of carbonyl (C=O) groups excluding carboxylic acids is 1. The van der Waals surface area contributed by atoms with E-state index in [0.717, 1.165) is 54.7 Å². The minimum atomic E-state index is 0.0603. The Bertz CT molecular complexity index is 1460. The molecule has 2 aromatic carbocycles. The zero-order chi connectivity index (χ0) is 28.6. The minimum absolute atomic E-state index is 0.0603. The molecule has 0 aliphatic heterocycles. The molecule has 2 aromatic heterocycles. The maximum absolute atomic E-state index is 12.6. The number of rotatable bonds is 11. The third-order valence-electron chi connectivity index (χ3n) is 7.36. The van der Waals surface area contributed by atoms with E-state index >= 15 is 0 Å². The molecule has 0 bridgehead atoms. The molecule has 2 heterocycles. The van der Waals surface area contributed by atoms with Crippen molar-refractivity contribution in [2.24, 2.45) is 0 Å². The number of aromatic amines is 1. The number of anilines is 1. The Labute approximate surface area is 241 Å². The Morgan fingerprint density at radius 2 is 1.80 bits per heavy atom. The molecule has 1 aliphatic rings. The van der Waals surface area contributed by atoms with Crippen molar-refractivity contribution in [2.45, 2.75) is 44.4 Å². The number of carbonyl (C=O) groups is 1. The van der Waals surface area contributed by atoms with E-state index < -0.39 is 0 Å². The van der Waals surface area contributed by atoms with E-state index in [-0.39, 0.29) is 18.0 Å². The summed E-state index contributed by atoms with van der Waals surface area (Å²) in [7, 11) is 5.88. The average molecular weight is 555 g/mol. The van der Waals surface area contributed by atoms with Gasteiger partial charge in [0.1, 0.15) is 29.2 Å². The van der Waals surface area contributed by atoms with Crippen molar-refractivity contribution >= 4 is 22.8 Å². The van der Waals surface area contributed by atoms with Crippen molar-refractivity contribution in [3.8, 4) is 17.2 Å². The topological polar surface area (TPSA) is 95.6 Å². The SMILES string of the molecule is CN(C)C/C=C/C(=O)N(C)C1CCC(Nc2n[nH]c3nccc(Oc4cccc(COc5ccccc5)c4)c23)CC1. The number of fused-ring (bicyclic) bond motifs is 1. The molecule has 9 nitrogen and oxygen atoms in total. The van der Waals surface area contributed by atoms with Crippen molar-refractivity contribution in [1.29, 1.82) is 0 Å². The van der Waals surface area contributed by atoms with Gasteiger partial charge in [-0.05, 0) is 69.6 Å². The Kier molecular flexibility index (Phi) is 9.15. The van der Waals surface area contributed by atoms with E-state index in [9.17, 15) is 4.79 Å². The minimum Gasteiger partial charge on any atom is -0.489 e. The van der Waals surface area contributed by atoms with Crippen LogP contribution >= 0.6 is 0 Å². The summed E-state index contributed by atoms with van der Waals surface area (Å²) in [6.07, 6.45) is 9.06. The van der Waals surface area contributed by atoms with Crippen molar-refractivity contribution in [1.82, 2.24) is 25.0 Å². The molecule has 2 N–H and O–H groups in total. The van der Waals surface area contributed by atoms with E-state index in [1.165, 1.54) is 0 Å². The molecule has 4 aromatic rings. The fourth-order valence-corrected chi connectivity index (χ4v) is 5.08. The third kappa shape index (κ3) is 7.43. The number of para-hydroxylation sites is 1. The number of amides is 1. The fraction of sp³-hybridized carbons (Fsp3) is 0.344. The molecule has 0 atom stereocenters. The lowest BCUT2D eigenvalue weighted by Gasteiger charge is -2.34. The van der Waals surface area contributed by atoms with Crippen LogP contribution in [0.2, 0.25) is 0 Å². The maximum atomic E-state index is 12.6. The highest BCUT2D eigenvalue weighted by Gasteiger charge is 2.27. The van der Waals surface area contributed by atoms with Crippen LogP contribution in [0, 0.1) is 0 Å². The summed E-state index contributed by atoms with van der Waals surface area (Å²) in [4.78, 5) is 20.9. The highest BCUT2D eigenvalue weighted by Crippen LogP contribution is 2.35. The van der Waals surface area contributed by atoms with Gasteiger partial charge in [-0.3, -0.25) is 9.89 Å². The smallest absolute Gasteiger partial charge is 0.246 e. The maximum Gasteiger partial charge on any atom is 0.246 e. The number of benzene rings is 2. The number of pyridine rings is 1. The van der Waals surface area contributed by atoms with Gasteiger partial charge in [0.2, 0.25) is 5.91 Å². The Morgan fingerprint density at radius 1 is 1.02 bits per heavy atom. The standard InChI is InChI=1S/C32H38N6O3/c1-37(2)20-8-13-29(39)38(3)25-16-14-24(15-17-25)34-32-30-28(18-19-33-31(30)35-36-32)41-27-12-7-9-23(21-27)22-40-26-10-5-4-6-11-26/h4-13,18-19,21,24-25H,14-17,20,22H2,1-3H3,(H2,33,34,35,36)/b13-8+. The van der Waals surface area contributed by atoms with Crippen LogP contribution in [0.25, 0.3) is 11.0 Å². The summed E-state index contributed by atoms with van der Waals surface area (Å²) < 4.78 is 12.2. The third-order valence-corrected chi connectivity index (χ3v) is 7.36. The molecule has 1 saturated carbocycles.